The highest BCUT2D eigenvalue weighted by Crippen LogP contribution is 2.47. The van der Waals surface area contributed by atoms with Crippen molar-refractivity contribution in [2.45, 2.75) is 25.0 Å². The Bertz CT molecular complexity index is 1290. The van der Waals surface area contributed by atoms with E-state index in [1.807, 2.05) is 6.92 Å². The van der Waals surface area contributed by atoms with E-state index < -0.39 is 39.0 Å². The number of rotatable bonds is 7. The Morgan fingerprint density at radius 1 is 1.09 bits per heavy atom. The molecule has 2 aromatic carbocycles. The minimum absolute atomic E-state index is 0.0524. The number of benzene rings is 2. The van der Waals surface area contributed by atoms with Gasteiger partial charge in [-0.1, -0.05) is 13.0 Å². The number of halogens is 3. The van der Waals surface area contributed by atoms with E-state index in [2.05, 4.69) is 4.18 Å². The summed E-state index contributed by atoms with van der Waals surface area (Å²) in [5.74, 6) is -1.08. The highest BCUT2D eigenvalue weighted by Gasteiger charge is 2.51. The smallest absolute Gasteiger partial charge is 0.493 e. The number of hydrogen-bond donors (Lipinski definition) is 0. The second-order valence-corrected chi connectivity index (χ2v) is 8.87. The third-order valence-corrected chi connectivity index (χ3v) is 5.96. The Balaban J connectivity index is 1.92. The van der Waals surface area contributed by atoms with Gasteiger partial charge in [0.1, 0.15) is 17.1 Å². The molecule has 0 saturated carbocycles. The molecule has 0 N–H and O–H groups in total. The molecule has 2 aliphatic heterocycles. The van der Waals surface area contributed by atoms with Gasteiger partial charge in [0.15, 0.2) is 23.4 Å². The van der Waals surface area contributed by atoms with E-state index in [9.17, 15) is 26.4 Å². The van der Waals surface area contributed by atoms with Gasteiger partial charge in [-0.05, 0) is 30.7 Å². The van der Waals surface area contributed by atoms with Gasteiger partial charge in [0.2, 0.25) is 6.79 Å². The third kappa shape index (κ3) is 4.67. The van der Waals surface area contributed by atoms with E-state index in [4.69, 9.17) is 23.7 Å². The second-order valence-electron chi connectivity index (χ2n) is 7.33. The van der Waals surface area contributed by atoms with Crippen LogP contribution in [0.5, 0.6) is 23.0 Å². The first kappa shape index (κ1) is 24.5. The van der Waals surface area contributed by atoms with Crippen LogP contribution in [0.1, 0.15) is 30.6 Å². The summed E-state index contributed by atoms with van der Waals surface area (Å²) in [7, 11) is -5.17. The fraction of sp³-hybridized carbons (Fsp3) is 0.318. The van der Waals surface area contributed by atoms with Gasteiger partial charge in [-0.2, -0.15) is 21.6 Å². The molecule has 9 nitrogen and oxygen atoms in total. The van der Waals surface area contributed by atoms with Gasteiger partial charge in [-0.15, -0.1) is 0 Å². The molecule has 0 fully saturated rings. The van der Waals surface area contributed by atoms with Crippen LogP contribution in [0.2, 0.25) is 0 Å². The number of esters is 1. The van der Waals surface area contributed by atoms with Gasteiger partial charge in [-0.25, -0.2) is 4.79 Å². The first-order chi connectivity index (χ1) is 16.6. The van der Waals surface area contributed by atoms with Crippen molar-refractivity contribution in [1.29, 1.82) is 0 Å². The average Bonchev–Trinajstić information content (AvgIpc) is 3.29. The lowest BCUT2D eigenvalue weighted by atomic mass is 9.94. The normalized spacial score (nSPS) is 16.9. The third-order valence-electron chi connectivity index (χ3n) is 5.00. The molecule has 1 atom stereocenters. The van der Waals surface area contributed by atoms with Crippen molar-refractivity contribution in [3.8, 4) is 23.0 Å². The van der Waals surface area contributed by atoms with Crippen LogP contribution in [-0.4, -0.2) is 40.4 Å². The van der Waals surface area contributed by atoms with Gasteiger partial charge in [-0.3, -0.25) is 0 Å². The fourth-order valence-electron chi connectivity index (χ4n) is 3.41. The monoisotopic (exact) mass is 516 g/mol. The van der Waals surface area contributed by atoms with Crippen LogP contribution in [0.15, 0.2) is 42.0 Å². The van der Waals surface area contributed by atoms with E-state index in [1.54, 1.807) is 0 Å². The summed E-state index contributed by atoms with van der Waals surface area (Å²) >= 11 is 0. The largest absolute Gasteiger partial charge is 0.534 e. The van der Waals surface area contributed by atoms with Gasteiger partial charge in [0.25, 0.3) is 0 Å². The SMILES string of the molecule is CCCOc1ccc2c(c1)OC(c1ccc3c(c1)OCO3)C(C(=O)OC)=C2OS(=O)(=O)C(F)(F)F. The molecule has 2 aromatic rings. The van der Waals surface area contributed by atoms with Crippen LogP contribution in [0, 0.1) is 0 Å². The van der Waals surface area contributed by atoms with Crippen LogP contribution in [0.25, 0.3) is 5.76 Å². The number of alkyl halides is 3. The van der Waals surface area contributed by atoms with Crippen LogP contribution < -0.4 is 18.9 Å². The second kappa shape index (κ2) is 9.21. The van der Waals surface area contributed by atoms with Crippen molar-refractivity contribution >= 4 is 21.8 Å². The standard InChI is InChI=1S/C22H19F3O9S/c1-3-8-30-13-5-6-14-16(10-13)33-19(12-4-7-15-17(9-12)32-11-31-15)18(21(26)29-2)20(14)34-35(27,28)22(23,24)25/h4-7,9-10,19H,3,8,11H2,1-2H3. The summed E-state index contributed by atoms with van der Waals surface area (Å²) in [5.41, 5.74) is -6.31. The minimum atomic E-state index is -6.15. The van der Waals surface area contributed by atoms with E-state index in [1.165, 1.54) is 36.4 Å². The Kier molecular flexibility index (Phi) is 6.45. The number of methoxy groups -OCH3 is 1. The van der Waals surface area contributed by atoms with Gasteiger partial charge in [0, 0.05) is 11.6 Å². The van der Waals surface area contributed by atoms with Crippen molar-refractivity contribution in [3.63, 3.8) is 0 Å². The van der Waals surface area contributed by atoms with Crippen molar-refractivity contribution in [2.24, 2.45) is 0 Å². The molecule has 35 heavy (non-hydrogen) atoms. The molecule has 0 aliphatic carbocycles. The molecule has 13 heteroatoms. The first-order valence-corrected chi connectivity index (χ1v) is 11.6. The quantitative estimate of drug-likeness (QED) is 0.306. The molecule has 0 saturated heterocycles. The zero-order valence-corrected chi connectivity index (χ0v) is 19.2. The molecule has 4 rings (SSSR count). The summed E-state index contributed by atoms with van der Waals surface area (Å²) in [6.45, 7) is 2.17. The minimum Gasteiger partial charge on any atom is -0.493 e. The molecule has 1 unspecified atom stereocenters. The van der Waals surface area contributed by atoms with E-state index in [0.717, 1.165) is 7.11 Å². The molecular weight excluding hydrogens is 497 g/mol. The fourth-order valence-corrected chi connectivity index (χ4v) is 3.91. The molecule has 0 spiro atoms. The number of hydrogen-bond acceptors (Lipinski definition) is 9. The maximum Gasteiger partial charge on any atom is 0.534 e. The molecule has 0 aromatic heterocycles. The summed E-state index contributed by atoms with van der Waals surface area (Å²) in [6.07, 6.45) is -0.730. The highest BCUT2D eigenvalue weighted by atomic mass is 32.2. The topological polar surface area (TPSA) is 107 Å². The van der Waals surface area contributed by atoms with Crippen molar-refractivity contribution in [3.05, 3.63) is 53.1 Å². The Hall–Kier alpha value is -3.61. The molecule has 0 amide bonds. The van der Waals surface area contributed by atoms with Crippen LogP contribution in [-0.2, 0) is 23.8 Å². The van der Waals surface area contributed by atoms with Crippen LogP contribution >= 0.6 is 0 Å². The molecule has 188 valence electrons. The van der Waals surface area contributed by atoms with E-state index >= 15 is 0 Å². The molecule has 2 heterocycles. The van der Waals surface area contributed by atoms with Crippen LogP contribution in [0.3, 0.4) is 0 Å². The summed E-state index contributed by atoms with van der Waals surface area (Å²) in [5, 5.41) is 0. The summed E-state index contributed by atoms with van der Waals surface area (Å²) in [4.78, 5) is 12.8. The van der Waals surface area contributed by atoms with Crippen molar-refractivity contribution < 1.29 is 54.3 Å². The van der Waals surface area contributed by atoms with Crippen molar-refractivity contribution in [2.75, 3.05) is 20.5 Å². The van der Waals surface area contributed by atoms with Gasteiger partial charge in [0.05, 0.1) is 19.3 Å². The highest BCUT2D eigenvalue weighted by molar-refractivity contribution is 7.87. The average molecular weight is 516 g/mol. The number of fused-ring (bicyclic) bond motifs is 2. The zero-order valence-electron chi connectivity index (χ0n) is 18.4. The number of carbonyl (C=O) groups excluding carboxylic acids is 1. The maximum atomic E-state index is 13.2. The molecule has 2 aliphatic rings. The van der Waals surface area contributed by atoms with Crippen molar-refractivity contribution in [1.82, 2.24) is 0 Å². The van der Waals surface area contributed by atoms with Crippen LogP contribution in [0.4, 0.5) is 13.2 Å². The number of ether oxygens (including phenoxy) is 5. The lowest BCUT2D eigenvalue weighted by Gasteiger charge is -2.30. The predicted molar refractivity (Wildman–Crippen MR) is 113 cm³/mol. The molecule has 0 bridgehead atoms. The van der Waals surface area contributed by atoms with Gasteiger partial charge >= 0.3 is 21.6 Å². The van der Waals surface area contributed by atoms with E-state index in [-0.39, 0.29) is 23.7 Å². The lowest BCUT2D eigenvalue weighted by Crippen LogP contribution is -2.29. The number of carbonyl (C=O) groups is 1. The molecular formula is C22H19F3O9S. The lowest BCUT2D eigenvalue weighted by molar-refractivity contribution is -0.137. The summed E-state index contributed by atoms with van der Waals surface area (Å²) in [6, 6.07) is 8.44. The predicted octanol–water partition coefficient (Wildman–Crippen LogP) is 4.09. The van der Waals surface area contributed by atoms with E-state index in [0.29, 0.717) is 30.3 Å². The summed E-state index contributed by atoms with van der Waals surface area (Å²) < 4.78 is 94.9. The maximum absolute atomic E-state index is 13.2. The first-order valence-electron chi connectivity index (χ1n) is 10.2. The molecule has 0 radical (unpaired) electrons. The Labute approximate surface area is 198 Å². The Morgan fingerprint density at radius 2 is 1.83 bits per heavy atom. The zero-order chi connectivity index (χ0) is 25.4. The van der Waals surface area contributed by atoms with Gasteiger partial charge < -0.3 is 27.9 Å². The Morgan fingerprint density at radius 3 is 2.51 bits per heavy atom.